The van der Waals surface area contributed by atoms with Crippen molar-refractivity contribution in [3.05, 3.63) is 84.1 Å². The molecule has 1 aromatic heterocycles. The number of urea groups is 1. The van der Waals surface area contributed by atoms with Crippen molar-refractivity contribution in [3.8, 4) is 23.0 Å². The Labute approximate surface area is 252 Å². The lowest BCUT2D eigenvalue weighted by atomic mass is 10.1. The van der Waals surface area contributed by atoms with Crippen LogP contribution in [0.2, 0.25) is 0 Å². The zero-order valence-corrected chi connectivity index (χ0v) is 24.1. The topological polar surface area (TPSA) is 111 Å². The van der Waals surface area contributed by atoms with Crippen molar-refractivity contribution in [2.24, 2.45) is 0 Å². The highest BCUT2D eigenvalue weighted by molar-refractivity contribution is 6.01. The smallest absolute Gasteiger partial charge is 0.325 e. The summed E-state index contributed by atoms with van der Waals surface area (Å²) >= 11 is 0. The van der Waals surface area contributed by atoms with Crippen LogP contribution in [0, 0.1) is 11.6 Å². The summed E-state index contributed by atoms with van der Waals surface area (Å²) in [5.74, 6) is -0.752. The molecule has 1 fully saturated rings. The third kappa shape index (κ3) is 7.97. The van der Waals surface area contributed by atoms with Crippen molar-refractivity contribution in [2.45, 2.75) is 12.8 Å². The highest BCUT2D eigenvalue weighted by atomic mass is 19.1. The van der Waals surface area contributed by atoms with Crippen molar-refractivity contribution < 1.29 is 37.3 Å². The van der Waals surface area contributed by atoms with E-state index < -0.39 is 23.6 Å². The van der Waals surface area contributed by atoms with E-state index in [2.05, 4.69) is 20.5 Å². The third-order valence-corrected chi connectivity index (χ3v) is 6.94. The van der Waals surface area contributed by atoms with Gasteiger partial charge in [0.05, 0.1) is 38.9 Å². The van der Waals surface area contributed by atoms with Crippen molar-refractivity contribution in [2.75, 3.05) is 51.9 Å². The molecular formula is C32H32F2N4O6. The van der Waals surface area contributed by atoms with Crippen molar-refractivity contribution in [1.82, 2.24) is 15.2 Å². The molecule has 10 nitrogen and oxygen atoms in total. The third-order valence-electron chi connectivity index (χ3n) is 6.94. The van der Waals surface area contributed by atoms with Gasteiger partial charge in [0.25, 0.3) is 0 Å². The fourth-order valence-electron chi connectivity index (χ4n) is 4.71. The number of amides is 3. The number of methoxy groups -OCH3 is 1. The van der Waals surface area contributed by atoms with E-state index in [0.717, 1.165) is 45.3 Å². The molecule has 1 aliphatic rings. The molecule has 2 heterocycles. The van der Waals surface area contributed by atoms with E-state index in [-0.39, 0.29) is 23.4 Å². The molecule has 0 unspecified atom stereocenters. The standard InChI is InChI=1S/C32H32F2N4O6/c1-41-29-19-23-26(20-30(29)43-14-4-11-38-12-15-42-16-13-38)35-10-9-27(23)44-28-8-7-22(18-25(28)34)36-32(40)37-31(39)17-21-5-2-3-6-24(21)33/h2-3,5-10,18-20H,4,11-17H2,1H3,(H2,36,37,39,40). The molecule has 3 aromatic carbocycles. The number of ether oxygens (including phenoxy) is 4. The Morgan fingerprint density at radius 3 is 2.55 bits per heavy atom. The molecule has 12 heteroatoms. The molecule has 230 valence electrons. The second-order valence-corrected chi connectivity index (χ2v) is 10.0. The normalized spacial score (nSPS) is 13.3. The van der Waals surface area contributed by atoms with Gasteiger partial charge >= 0.3 is 6.03 Å². The average molecular weight is 607 g/mol. The fraction of sp³-hybridized carbons (Fsp3) is 0.281. The molecule has 44 heavy (non-hydrogen) atoms. The zero-order valence-electron chi connectivity index (χ0n) is 24.1. The molecule has 0 atom stereocenters. The molecule has 0 saturated carbocycles. The van der Waals surface area contributed by atoms with E-state index in [1.807, 2.05) is 0 Å². The lowest BCUT2D eigenvalue weighted by molar-refractivity contribution is -0.119. The fourth-order valence-corrected chi connectivity index (χ4v) is 4.71. The van der Waals surface area contributed by atoms with E-state index in [4.69, 9.17) is 18.9 Å². The Morgan fingerprint density at radius 1 is 0.955 bits per heavy atom. The first-order valence-corrected chi connectivity index (χ1v) is 14.1. The minimum atomic E-state index is -0.884. The summed E-state index contributed by atoms with van der Waals surface area (Å²) in [6.07, 6.45) is 2.06. The lowest BCUT2D eigenvalue weighted by Gasteiger charge is -2.26. The number of anilines is 1. The summed E-state index contributed by atoms with van der Waals surface area (Å²) in [6, 6.07) is 13.8. The number of rotatable bonds is 11. The van der Waals surface area contributed by atoms with Crippen molar-refractivity contribution in [3.63, 3.8) is 0 Å². The van der Waals surface area contributed by atoms with Gasteiger partial charge in [-0.1, -0.05) is 18.2 Å². The second kappa shape index (κ2) is 14.6. The van der Waals surface area contributed by atoms with Gasteiger partial charge in [-0.3, -0.25) is 20.0 Å². The van der Waals surface area contributed by atoms with Crippen LogP contribution in [0.5, 0.6) is 23.0 Å². The molecule has 2 N–H and O–H groups in total. The van der Waals surface area contributed by atoms with Crippen molar-refractivity contribution >= 4 is 28.5 Å². The number of pyridine rings is 1. The maximum Gasteiger partial charge on any atom is 0.325 e. The summed E-state index contributed by atoms with van der Waals surface area (Å²) in [6.45, 7) is 4.74. The van der Waals surface area contributed by atoms with Crippen LogP contribution in [0.4, 0.5) is 19.3 Å². The van der Waals surface area contributed by atoms with Crippen LogP contribution in [-0.4, -0.2) is 68.4 Å². The molecule has 3 amide bonds. The number of carbonyl (C=O) groups is 2. The minimum absolute atomic E-state index is 0.0858. The Balaban J connectivity index is 1.20. The molecule has 5 rings (SSSR count). The summed E-state index contributed by atoms with van der Waals surface area (Å²) in [4.78, 5) is 31.1. The molecular weight excluding hydrogens is 574 g/mol. The summed E-state index contributed by atoms with van der Waals surface area (Å²) in [7, 11) is 1.54. The molecule has 1 saturated heterocycles. The summed E-state index contributed by atoms with van der Waals surface area (Å²) in [5, 5.41) is 5.07. The first-order valence-electron chi connectivity index (χ1n) is 14.1. The number of nitrogens with one attached hydrogen (secondary N) is 2. The lowest BCUT2D eigenvalue weighted by Crippen LogP contribution is -2.37. The van der Waals surface area contributed by atoms with Crippen LogP contribution in [-0.2, 0) is 16.0 Å². The molecule has 0 spiro atoms. The van der Waals surface area contributed by atoms with Gasteiger partial charge in [-0.05, 0) is 42.3 Å². The quantitative estimate of drug-likeness (QED) is 0.221. The van der Waals surface area contributed by atoms with Gasteiger partial charge < -0.3 is 24.3 Å². The molecule has 0 radical (unpaired) electrons. The van der Waals surface area contributed by atoms with Gasteiger partial charge in [-0.15, -0.1) is 0 Å². The number of hydrogen-bond acceptors (Lipinski definition) is 8. The number of nitrogens with zero attached hydrogens (tertiary/aromatic N) is 2. The number of fused-ring (bicyclic) bond motifs is 1. The van der Waals surface area contributed by atoms with Gasteiger partial charge in [0, 0.05) is 49.0 Å². The van der Waals surface area contributed by atoms with E-state index in [9.17, 15) is 14.0 Å². The van der Waals surface area contributed by atoms with Crippen LogP contribution in [0.3, 0.4) is 0 Å². The predicted octanol–water partition coefficient (Wildman–Crippen LogP) is 5.31. The monoisotopic (exact) mass is 606 g/mol. The van der Waals surface area contributed by atoms with Crippen LogP contribution >= 0.6 is 0 Å². The Morgan fingerprint density at radius 2 is 1.77 bits per heavy atom. The highest BCUT2D eigenvalue weighted by Gasteiger charge is 2.16. The van der Waals surface area contributed by atoms with Gasteiger partial charge in [0.2, 0.25) is 5.91 Å². The minimum Gasteiger partial charge on any atom is -0.493 e. The number of morpholine rings is 1. The number of carbonyl (C=O) groups excluding carboxylic acids is 2. The highest BCUT2D eigenvalue weighted by Crippen LogP contribution is 2.38. The number of imide groups is 1. The second-order valence-electron chi connectivity index (χ2n) is 10.0. The molecule has 0 bridgehead atoms. The SMILES string of the molecule is COc1cc2c(Oc3ccc(NC(=O)NC(=O)Cc4ccccc4F)cc3F)ccnc2cc1OCCCN1CCOCC1. The molecule has 0 aliphatic carbocycles. The summed E-state index contributed by atoms with van der Waals surface area (Å²) < 4.78 is 51.6. The van der Waals surface area contributed by atoms with Gasteiger partial charge in [0.1, 0.15) is 11.6 Å². The first kappa shape index (κ1) is 30.6. The van der Waals surface area contributed by atoms with Crippen LogP contribution in [0.1, 0.15) is 12.0 Å². The number of aromatic nitrogens is 1. The van der Waals surface area contributed by atoms with E-state index in [1.165, 1.54) is 37.4 Å². The van der Waals surface area contributed by atoms with Gasteiger partial charge in [0.15, 0.2) is 23.1 Å². The average Bonchev–Trinajstić information content (AvgIpc) is 3.02. The van der Waals surface area contributed by atoms with Gasteiger partial charge in [-0.25, -0.2) is 13.6 Å². The Hall–Kier alpha value is -4.81. The first-order chi connectivity index (χ1) is 21.4. The molecule has 1 aliphatic heterocycles. The summed E-state index contributed by atoms with van der Waals surface area (Å²) in [5.41, 5.74) is 0.805. The maximum absolute atomic E-state index is 15.0. The van der Waals surface area contributed by atoms with Crippen LogP contribution in [0.15, 0.2) is 66.9 Å². The Bertz CT molecular complexity index is 1630. The number of hydrogen-bond donors (Lipinski definition) is 2. The predicted molar refractivity (Wildman–Crippen MR) is 159 cm³/mol. The Kier molecular flexibility index (Phi) is 10.2. The van der Waals surface area contributed by atoms with Crippen molar-refractivity contribution in [1.29, 1.82) is 0 Å². The van der Waals surface area contributed by atoms with Gasteiger partial charge in [-0.2, -0.15) is 0 Å². The zero-order chi connectivity index (χ0) is 30.9. The number of halogens is 2. The van der Waals surface area contributed by atoms with E-state index >= 15 is 4.39 Å². The van der Waals surface area contributed by atoms with E-state index in [1.54, 1.807) is 30.5 Å². The van der Waals surface area contributed by atoms with Crippen LogP contribution < -0.4 is 24.8 Å². The molecule has 4 aromatic rings. The maximum atomic E-state index is 15.0. The number of benzene rings is 3. The van der Waals surface area contributed by atoms with E-state index in [0.29, 0.717) is 34.8 Å². The van der Waals surface area contributed by atoms with Crippen LogP contribution in [0.25, 0.3) is 10.9 Å². The largest absolute Gasteiger partial charge is 0.493 e.